The molecule has 9 N–H and O–H groups in total. The molecule has 4 unspecified atom stereocenters. The molecule has 2 rings (SSSR count). The van der Waals surface area contributed by atoms with E-state index in [1.165, 1.54) is 9.80 Å². The van der Waals surface area contributed by atoms with Crippen LogP contribution in [-0.2, 0) is 24.0 Å². The zero-order valence-corrected chi connectivity index (χ0v) is 19.6. The fraction of sp³-hybridized carbons (Fsp3) is 0.714. The zero-order chi connectivity index (χ0) is 26.1. The summed E-state index contributed by atoms with van der Waals surface area (Å²) in [5.41, 5.74) is 16.4. The summed E-state index contributed by atoms with van der Waals surface area (Å²) < 4.78 is 0. The average molecular weight is 498 g/mol. The van der Waals surface area contributed by atoms with Crippen molar-refractivity contribution in [3.8, 4) is 0 Å². The Hall–Kier alpha value is -3.42. The van der Waals surface area contributed by atoms with Crippen LogP contribution in [0.4, 0.5) is 0 Å². The van der Waals surface area contributed by atoms with E-state index in [4.69, 9.17) is 22.3 Å². The molecule has 0 aliphatic carbocycles. The zero-order valence-electron chi connectivity index (χ0n) is 19.6. The third-order valence-electron chi connectivity index (χ3n) is 6.21. The first kappa shape index (κ1) is 27.8. The number of aliphatic imine (C=N–C) groups is 1. The van der Waals surface area contributed by atoms with Crippen LogP contribution in [0, 0.1) is 0 Å². The van der Waals surface area contributed by atoms with Gasteiger partial charge in [0.05, 0.1) is 6.04 Å². The van der Waals surface area contributed by atoms with E-state index >= 15 is 0 Å². The van der Waals surface area contributed by atoms with Crippen LogP contribution < -0.4 is 22.5 Å². The summed E-state index contributed by atoms with van der Waals surface area (Å²) >= 11 is 0. The molecule has 2 aliphatic rings. The van der Waals surface area contributed by atoms with Gasteiger partial charge in [0.2, 0.25) is 17.7 Å². The summed E-state index contributed by atoms with van der Waals surface area (Å²) in [7, 11) is 0. The van der Waals surface area contributed by atoms with Crippen molar-refractivity contribution in [2.24, 2.45) is 22.2 Å². The van der Waals surface area contributed by atoms with Gasteiger partial charge in [0, 0.05) is 26.1 Å². The average Bonchev–Trinajstić information content (AvgIpc) is 3.48. The molecule has 2 aliphatic heterocycles. The van der Waals surface area contributed by atoms with Crippen molar-refractivity contribution in [1.29, 1.82) is 0 Å². The Morgan fingerprint density at radius 3 is 2.20 bits per heavy atom. The van der Waals surface area contributed by atoms with Crippen molar-refractivity contribution in [3.05, 3.63) is 0 Å². The van der Waals surface area contributed by atoms with Crippen molar-refractivity contribution >= 4 is 35.6 Å². The molecule has 0 radical (unpaired) electrons. The topological polar surface area (TPSA) is 235 Å². The van der Waals surface area contributed by atoms with E-state index in [1.807, 2.05) is 0 Å². The highest BCUT2D eigenvalue weighted by Gasteiger charge is 2.43. The van der Waals surface area contributed by atoms with Crippen LogP contribution in [0.25, 0.3) is 0 Å². The van der Waals surface area contributed by atoms with Crippen molar-refractivity contribution in [2.75, 3.05) is 19.6 Å². The number of hydrogen-bond donors (Lipinski definition) is 6. The van der Waals surface area contributed by atoms with E-state index in [0.717, 1.165) is 0 Å². The van der Waals surface area contributed by atoms with Crippen LogP contribution in [0.3, 0.4) is 0 Å². The smallest absolute Gasteiger partial charge is 0.326 e. The number of guanidine groups is 1. The van der Waals surface area contributed by atoms with Crippen LogP contribution in [0.2, 0.25) is 0 Å². The molecule has 0 spiro atoms. The van der Waals surface area contributed by atoms with Gasteiger partial charge in [-0.05, 0) is 44.9 Å². The van der Waals surface area contributed by atoms with E-state index in [2.05, 4.69) is 10.3 Å². The highest BCUT2D eigenvalue weighted by Crippen LogP contribution is 2.26. The quantitative estimate of drug-likeness (QED) is 0.0965. The standard InChI is InChI=1S/C21H35N7O7/c22-12(7-8-16(29)30)17(31)26-13(4-1-9-25-21(23)24)18(32)27-10-2-5-14(27)19(33)28-11-3-6-15(28)20(34)35/h12-15H,1-11,22H2,(H,26,31)(H,29,30)(H,34,35)(H4,23,24,25). The number of nitrogens with two attached hydrogens (primary N) is 3. The minimum atomic E-state index is -1.13. The Kier molecular flexibility index (Phi) is 10.2. The van der Waals surface area contributed by atoms with Crippen molar-refractivity contribution < 1.29 is 34.2 Å². The van der Waals surface area contributed by atoms with Gasteiger partial charge in [-0.15, -0.1) is 0 Å². The third kappa shape index (κ3) is 7.80. The molecule has 0 saturated carbocycles. The van der Waals surface area contributed by atoms with Gasteiger partial charge in [0.1, 0.15) is 18.1 Å². The SMILES string of the molecule is NC(N)=NCCCC(NC(=O)C(N)CCC(=O)O)C(=O)N1CCCC1C(=O)N1CCCC1C(=O)O. The molecular weight excluding hydrogens is 462 g/mol. The maximum atomic E-state index is 13.4. The molecule has 2 saturated heterocycles. The number of carbonyl (C=O) groups is 5. The van der Waals surface area contributed by atoms with Crippen LogP contribution in [-0.4, -0.2) is 99.4 Å². The van der Waals surface area contributed by atoms with E-state index in [1.54, 1.807) is 0 Å². The second-order valence-corrected chi connectivity index (χ2v) is 8.77. The molecule has 0 aromatic carbocycles. The van der Waals surface area contributed by atoms with E-state index in [9.17, 15) is 29.1 Å². The number of nitrogens with zero attached hydrogens (tertiary/aromatic N) is 3. The lowest BCUT2D eigenvalue weighted by Gasteiger charge is -2.32. The minimum absolute atomic E-state index is 0.105. The highest BCUT2D eigenvalue weighted by molar-refractivity contribution is 5.94. The van der Waals surface area contributed by atoms with E-state index in [0.29, 0.717) is 38.6 Å². The number of likely N-dealkylation sites (tertiary alicyclic amines) is 2. The molecule has 4 atom stereocenters. The fourth-order valence-corrected chi connectivity index (χ4v) is 4.42. The maximum absolute atomic E-state index is 13.4. The molecule has 14 nitrogen and oxygen atoms in total. The van der Waals surface area contributed by atoms with Gasteiger partial charge in [0.25, 0.3) is 0 Å². The second-order valence-electron chi connectivity index (χ2n) is 8.77. The normalized spacial score (nSPS) is 21.3. The number of amides is 3. The number of hydrogen-bond acceptors (Lipinski definition) is 7. The van der Waals surface area contributed by atoms with E-state index in [-0.39, 0.29) is 38.3 Å². The summed E-state index contributed by atoms with van der Waals surface area (Å²) in [5.74, 6) is -3.87. The van der Waals surface area contributed by atoms with Gasteiger partial charge in [-0.2, -0.15) is 0 Å². The Labute approximate surface area is 202 Å². The van der Waals surface area contributed by atoms with Crippen molar-refractivity contribution in [1.82, 2.24) is 15.1 Å². The maximum Gasteiger partial charge on any atom is 0.326 e. The number of nitrogens with one attached hydrogen (secondary N) is 1. The lowest BCUT2D eigenvalue weighted by molar-refractivity contribution is -0.152. The van der Waals surface area contributed by atoms with Crippen molar-refractivity contribution in [2.45, 2.75) is 75.5 Å². The highest BCUT2D eigenvalue weighted by atomic mass is 16.4. The number of rotatable bonds is 12. The van der Waals surface area contributed by atoms with Crippen molar-refractivity contribution in [3.63, 3.8) is 0 Å². The summed E-state index contributed by atoms with van der Waals surface area (Å²) in [6, 6.07) is -3.89. The first-order valence-corrected chi connectivity index (χ1v) is 11.7. The third-order valence-corrected chi connectivity index (χ3v) is 6.21. The first-order chi connectivity index (χ1) is 16.5. The molecule has 35 heavy (non-hydrogen) atoms. The van der Waals surface area contributed by atoms with Gasteiger partial charge < -0.3 is 42.5 Å². The summed E-state index contributed by atoms with van der Waals surface area (Å²) in [6.07, 6.45) is 1.97. The molecule has 2 fully saturated rings. The predicted molar refractivity (Wildman–Crippen MR) is 124 cm³/mol. The van der Waals surface area contributed by atoms with Gasteiger partial charge in [-0.25, -0.2) is 4.79 Å². The van der Waals surface area contributed by atoms with Gasteiger partial charge >= 0.3 is 11.9 Å². The molecular formula is C21H35N7O7. The van der Waals surface area contributed by atoms with Crippen LogP contribution >= 0.6 is 0 Å². The predicted octanol–water partition coefficient (Wildman–Crippen LogP) is -2.22. The van der Waals surface area contributed by atoms with Crippen LogP contribution in [0.1, 0.15) is 51.4 Å². The summed E-state index contributed by atoms with van der Waals surface area (Å²) in [5, 5.41) is 20.8. The Bertz CT molecular complexity index is 846. The number of carbonyl (C=O) groups excluding carboxylic acids is 3. The summed E-state index contributed by atoms with van der Waals surface area (Å²) in [6.45, 7) is 0.807. The second kappa shape index (κ2) is 12.9. The number of aliphatic carboxylic acids is 2. The first-order valence-electron chi connectivity index (χ1n) is 11.7. The molecule has 0 aromatic heterocycles. The van der Waals surface area contributed by atoms with Crippen LogP contribution in [0.15, 0.2) is 4.99 Å². The number of carboxylic acids is 2. The Balaban J connectivity index is 2.14. The molecule has 14 heteroatoms. The van der Waals surface area contributed by atoms with Gasteiger partial charge in [-0.3, -0.25) is 24.2 Å². The summed E-state index contributed by atoms with van der Waals surface area (Å²) in [4.78, 5) is 68.1. The Morgan fingerprint density at radius 1 is 0.971 bits per heavy atom. The van der Waals surface area contributed by atoms with E-state index < -0.39 is 53.8 Å². The molecule has 196 valence electrons. The lowest BCUT2D eigenvalue weighted by atomic mass is 10.1. The monoisotopic (exact) mass is 497 g/mol. The van der Waals surface area contributed by atoms with Gasteiger partial charge in [0.15, 0.2) is 5.96 Å². The fourth-order valence-electron chi connectivity index (χ4n) is 4.42. The molecule has 0 aromatic rings. The minimum Gasteiger partial charge on any atom is -0.481 e. The Morgan fingerprint density at radius 2 is 1.60 bits per heavy atom. The molecule has 3 amide bonds. The van der Waals surface area contributed by atoms with Gasteiger partial charge in [-0.1, -0.05) is 0 Å². The molecule has 2 heterocycles. The largest absolute Gasteiger partial charge is 0.481 e. The molecule has 0 bridgehead atoms. The number of carboxylic acid groups (broad SMARTS) is 2. The van der Waals surface area contributed by atoms with Crippen LogP contribution in [0.5, 0.6) is 0 Å². The lowest BCUT2D eigenvalue weighted by Crippen LogP contribution is -2.56.